The summed E-state index contributed by atoms with van der Waals surface area (Å²) in [7, 11) is 0. The number of amides is 3. The Morgan fingerprint density at radius 1 is 1.06 bits per heavy atom. The summed E-state index contributed by atoms with van der Waals surface area (Å²) >= 11 is 7.84. The highest BCUT2D eigenvalue weighted by Gasteiger charge is 2.34. The summed E-state index contributed by atoms with van der Waals surface area (Å²) in [6.45, 7) is 7.85. The van der Waals surface area contributed by atoms with Crippen molar-refractivity contribution in [1.29, 1.82) is 0 Å². The predicted octanol–water partition coefficient (Wildman–Crippen LogP) is 3.41. The van der Waals surface area contributed by atoms with E-state index in [-0.39, 0.29) is 12.3 Å². The van der Waals surface area contributed by atoms with Crippen molar-refractivity contribution in [2.45, 2.75) is 33.2 Å². The van der Waals surface area contributed by atoms with Crippen molar-refractivity contribution < 1.29 is 9.59 Å². The largest absolute Gasteiger partial charge is 0.351 e. The van der Waals surface area contributed by atoms with E-state index in [4.69, 9.17) is 22.3 Å². The van der Waals surface area contributed by atoms with Gasteiger partial charge in [0.1, 0.15) is 16.9 Å². The molecule has 2 aliphatic heterocycles. The average molecular weight is 512 g/mol. The molecule has 3 amide bonds. The van der Waals surface area contributed by atoms with Crippen LogP contribution in [-0.2, 0) is 4.79 Å². The van der Waals surface area contributed by atoms with Gasteiger partial charge in [0.05, 0.1) is 12.1 Å². The molecule has 1 aromatic carbocycles. The van der Waals surface area contributed by atoms with Crippen LogP contribution < -0.4 is 5.73 Å². The van der Waals surface area contributed by atoms with Crippen LogP contribution >= 0.6 is 22.9 Å². The van der Waals surface area contributed by atoms with E-state index in [1.54, 1.807) is 21.1 Å². The number of nitrogens with two attached hydrogens (primary N) is 1. The summed E-state index contributed by atoms with van der Waals surface area (Å²) in [4.78, 5) is 34.5. The SMILES string of the molecule is Cc1sc2c(c1C)C(c1ccc(Cl)cc1)=N[C@@H](CC(=O)N1CCN(C(N)=O)CC1)c1nnc(C)n1-2. The van der Waals surface area contributed by atoms with Gasteiger partial charge >= 0.3 is 6.03 Å². The number of halogens is 1. The highest BCUT2D eigenvalue weighted by atomic mass is 35.5. The van der Waals surface area contributed by atoms with Gasteiger partial charge in [-0.1, -0.05) is 23.7 Å². The first-order chi connectivity index (χ1) is 16.7. The van der Waals surface area contributed by atoms with Crippen LogP contribution in [0, 0.1) is 20.8 Å². The smallest absolute Gasteiger partial charge is 0.314 e. The highest BCUT2D eigenvalue weighted by Crippen LogP contribution is 2.39. The molecule has 0 spiro atoms. The molecule has 1 saturated heterocycles. The number of aliphatic imine (C=N–C) groups is 1. The van der Waals surface area contributed by atoms with Crippen molar-refractivity contribution in [3.63, 3.8) is 0 Å². The third kappa shape index (κ3) is 4.21. The van der Waals surface area contributed by atoms with Gasteiger partial charge in [-0.05, 0) is 38.5 Å². The first-order valence-corrected chi connectivity index (χ1v) is 12.6. The average Bonchev–Trinajstić information content (AvgIpc) is 3.31. The minimum atomic E-state index is -0.511. The quantitative estimate of drug-likeness (QED) is 0.581. The van der Waals surface area contributed by atoms with Gasteiger partial charge in [-0.15, -0.1) is 21.5 Å². The lowest BCUT2D eigenvalue weighted by Crippen LogP contribution is -2.52. The molecule has 2 aromatic heterocycles. The Hall–Kier alpha value is -3.24. The van der Waals surface area contributed by atoms with Crippen LogP contribution in [-0.4, -0.2) is 68.4 Å². The van der Waals surface area contributed by atoms with Crippen LogP contribution in [0.4, 0.5) is 4.79 Å². The summed E-state index contributed by atoms with van der Waals surface area (Å²) in [5.74, 6) is 1.37. The maximum Gasteiger partial charge on any atom is 0.314 e. The molecule has 35 heavy (non-hydrogen) atoms. The Morgan fingerprint density at radius 2 is 1.71 bits per heavy atom. The number of rotatable bonds is 3. The summed E-state index contributed by atoms with van der Waals surface area (Å²) < 4.78 is 2.04. The fourth-order valence-electron chi connectivity index (χ4n) is 4.60. The maximum absolute atomic E-state index is 13.3. The zero-order valence-electron chi connectivity index (χ0n) is 19.8. The molecule has 2 N–H and O–H groups in total. The van der Waals surface area contributed by atoms with Crippen molar-refractivity contribution >= 4 is 40.6 Å². The maximum atomic E-state index is 13.3. The molecule has 4 heterocycles. The number of carbonyl (C=O) groups is 2. The van der Waals surface area contributed by atoms with Crippen molar-refractivity contribution in [3.8, 4) is 5.00 Å². The van der Waals surface area contributed by atoms with E-state index in [1.807, 2.05) is 35.8 Å². The van der Waals surface area contributed by atoms with Crippen LogP contribution in [0.3, 0.4) is 0 Å². The van der Waals surface area contributed by atoms with Gasteiger partial charge in [-0.25, -0.2) is 4.79 Å². The van der Waals surface area contributed by atoms with Gasteiger partial charge in [0, 0.05) is 47.2 Å². The van der Waals surface area contributed by atoms with Crippen LogP contribution in [0.5, 0.6) is 0 Å². The van der Waals surface area contributed by atoms with Crippen LogP contribution in [0.1, 0.15) is 45.7 Å². The molecule has 5 rings (SSSR count). The number of hydrogen-bond acceptors (Lipinski definition) is 6. The third-order valence-electron chi connectivity index (χ3n) is 6.67. The van der Waals surface area contributed by atoms with Gasteiger partial charge in [-0.2, -0.15) is 0 Å². The molecule has 0 bridgehead atoms. The van der Waals surface area contributed by atoms with Crippen molar-refractivity contribution in [1.82, 2.24) is 24.6 Å². The predicted molar refractivity (Wildman–Crippen MR) is 136 cm³/mol. The monoisotopic (exact) mass is 511 g/mol. The van der Waals surface area contributed by atoms with Gasteiger partial charge in [0.2, 0.25) is 5.91 Å². The number of carbonyl (C=O) groups excluding carboxylic acids is 2. The van der Waals surface area contributed by atoms with E-state index >= 15 is 0 Å². The van der Waals surface area contributed by atoms with E-state index in [2.05, 4.69) is 24.0 Å². The number of piperazine rings is 1. The van der Waals surface area contributed by atoms with E-state index in [9.17, 15) is 9.59 Å². The van der Waals surface area contributed by atoms with Gasteiger partial charge in [0.25, 0.3) is 0 Å². The number of hydrogen-bond donors (Lipinski definition) is 1. The Bertz CT molecular complexity index is 1340. The van der Waals surface area contributed by atoms with Gasteiger partial charge in [0.15, 0.2) is 5.82 Å². The lowest BCUT2D eigenvalue weighted by atomic mass is 9.99. The molecular weight excluding hydrogens is 486 g/mol. The minimum Gasteiger partial charge on any atom is -0.351 e. The summed E-state index contributed by atoms with van der Waals surface area (Å²) in [5.41, 5.74) is 9.31. The van der Waals surface area contributed by atoms with Gasteiger partial charge < -0.3 is 15.5 Å². The van der Waals surface area contributed by atoms with E-state index in [1.165, 1.54) is 4.88 Å². The number of fused-ring (bicyclic) bond motifs is 3. The molecule has 1 fully saturated rings. The first-order valence-electron chi connectivity index (χ1n) is 11.4. The number of aromatic nitrogens is 3. The lowest BCUT2D eigenvalue weighted by Gasteiger charge is -2.34. The Balaban J connectivity index is 1.56. The number of benzene rings is 1. The van der Waals surface area contributed by atoms with E-state index in [0.717, 1.165) is 33.2 Å². The molecular formula is C24H26ClN7O2S. The topological polar surface area (TPSA) is 110 Å². The molecule has 0 unspecified atom stereocenters. The zero-order valence-corrected chi connectivity index (χ0v) is 21.4. The first kappa shape index (κ1) is 23.5. The fourth-order valence-corrected chi connectivity index (χ4v) is 5.94. The van der Waals surface area contributed by atoms with Crippen molar-refractivity contribution in [3.05, 3.63) is 62.5 Å². The van der Waals surface area contributed by atoms with E-state index in [0.29, 0.717) is 37.0 Å². The molecule has 182 valence electrons. The van der Waals surface area contributed by atoms with Crippen LogP contribution in [0.2, 0.25) is 5.02 Å². The summed E-state index contributed by atoms with van der Waals surface area (Å²) in [6, 6.07) is 6.64. The second-order valence-corrected chi connectivity index (χ2v) is 10.5. The second kappa shape index (κ2) is 9.09. The van der Waals surface area contributed by atoms with Crippen LogP contribution in [0.25, 0.3) is 5.00 Å². The molecule has 1 atom stereocenters. The molecule has 9 nitrogen and oxygen atoms in total. The lowest BCUT2D eigenvalue weighted by molar-refractivity contribution is -0.133. The van der Waals surface area contributed by atoms with E-state index < -0.39 is 12.1 Å². The molecule has 11 heteroatoms. The number of thiophene rings is 1. The number of nitrogens with zero attached hydrogens (tertiary/aromatic N) is 6. The Labute approximate surface area is 212 Å². The second-order valence-electron chi connectivity index (χ2n) is 8.81. The third-order valence-corrected chi connectivity index (χ3v) is 8.11. The summed E-state index contributed by atoms with van der Waals surface area (Å²) in [6.07, 6.45) is 0.152. The Morgan fingerprint density at radius 3 is 2.37 bits per heavy atom. The summed E-state index contributed by atoms with van der Waals surface area (Å²) in [5, 5.41) is 10.5. The zero-order chi connectivity index (χ0) is 24.9. The van der Waals surface area contributed by atoms with Gasteiger partial charge in [-0.3, -0.25) is 14.4 Å². The number of aryl methyl sites for hydroxylation is 2. The number of urea groups is 1. The van der Waals surface area contributed by atoms with Crippen molar-refractivity contribution in [2.24, 2.45) is 10.7 Å². The minimum absolute atomic E-state index is 0.0383. The van der Waals surface area contributed by atoms with Crippen LogP contribution in [0.15, 0.2) is 29.3 Å². The standard InChI is InChI=1S/C24H26ClN7O2S/c1-13-14(2)35-23-20(13)21(16-4-6-17(25)7-5-16)27-18(22-29-28-15(3)32(22)23)12-19(33)30-8-10-31(11-9-30)24(26)34/h4-7,18H,8-12H2,1-3H3,(H2,26,34)/t18-/m0/s1. The number of primary amides is 1. The Kier molecular flexibility index (Phi) is 6.10. The molecule has 0 radical (unpaired) electrons. The highest BCUT2D eigenvalue weighted by molar-refractivity contribution is 7.15. The molecule has 2 aliphatic rings. The molecule has 3 aromatic rings. The normalized spacial score (nSPS) is 17.5. The molecule has 0 saturated carbocycles. The van der Waals surface area contributed by atoms with Crippen molar-refractivity contribution in [2.75, 3.05) is 26.2 Å². The molecule has 0 aliphatic carbocycles. The fraction of sp³-hybridized carbons (Fsp3) is 0.375.